The van der Waals surface area contributed by atoms with Crippen LogP contribution in [0, 0.1) is 0 Å². The van der Waals surface area contributed by atoms with Gasteiger partial charge in [-0.15, -0.1) is 0 Å². The summed E-state index contributed by atoms with van der Waals surface area (Å²) in [5, 5.41) is 10.1. The summed E-state index contributed by atoms with van der Waals surface area (Å²) in [5.74, 6) is -0.939. The molecule has 0 amide bonds. The van der Waals surface area contributed by atoms with E-state index in [0.29, 0.717) is 10.6 Å². The summed E-state index contributed by atoms with van der Waals surface area (Å²) in [6, 6.07) is 9.10. The zero-order valence-corrected chi connectivity index (χ0v) is 11.6. The predicted molar refractivity (Wildman–Crippen MR) is 78.7 cm³/mol. The number of hydrogen-bond acceptors (Lipinski definition) is 2. The highest BCUT2D eigenvalue weighted by Crippen LogP contribution is 2.37. The van der Waals surface area contributed by atoms with Crippen LogP contribution in [0.1, 0.15) is 35.2 Å². The quantitative estimate of drug-likeness (QED) is 0.866. The topological polar surface area (TPSA) is 50.2 Å². The Labute approximate surface area is 121 Å². The van der Waals surface area contributed by atoms with Crippen molar-refractivity contribution in [2.45, 2.75) is 12.8 Å². The molecule has 2 aromatic rings. The number of halogens is 1. The molecule has 0 radical (unpaired) electrons. The number of carboxylic acid groups (broad SMARTS) is 1. The summed E-state index contributed by atoms with van der Waals surface area (Å²) in [6.45, 7) is 2.03. The number of aromatic nitrogens is 1. The third kappa shape index (κ3) is 2.00. The molecular formula is C16H12ClNO2. The number of fused-ring (bicyclic) bond motifs is 2. The minimum absolute atomic E-state index is 0.0200. The summed E-state index contributed by atoms with van der Waals surface area (Å²) in [4.78, 5) is 15.9. The summed E-state index contributed by atoms with van der Waals surface area (Å²) < 4.78 is 0. The van der Waals surface area contributed by atoms with Crippen LogP contribution in [0.5, 0.6) is 0 Å². The van der Waals surface area contributed by atoms with Crippen LogP contribution in [0.3, 0.4) is 0 Å². The third-order valence-electron chi connectivity index (χ3n) is 3.58. The number of benzene rings is 1. The first-order chi connectivity index (χ1) is 9.58. The normalized spacial score (nSPS) is 16.7. The van der Waals surface area contributed by atoms with Gasteiger partial charge in [0.05, 0.1) is 11.3 Å². The Bertz CT molecular complexity index is 737. The van der Waals surface area contributed by atoms with Gasteiger partial charge in [-0.05, 0) is 35.4 Å². The number of carbonyl (C=O) groups is 1. The van der Waals surface area contributed by atoms with Crippen LogP contribution < -0.4 is 0 Å². The molecule has 0 saturated heterocycles. The van der Waals surface area contributed by atoms with Gasteiger partial charge in [0.25, 0.3) is 0 Å². The van der Waals surface area contributed by atoms with Gasteiger partial charge < -0.3 is 5.11 Å². The number of carboxylic acids is 1. The van der Waals surface area contributed by atoms with Crippen LogP contribution in [0.4, 0.5) is 0 Å². The van der Waals surface area contributed by atoms with Crippen molar-refractivity contribution in [2.75, 3.05) is 0 Å². The predicted octanol–water partition coefficient (Wildman–Crippen LogP) is 3.83. The van der Waals surface area contributed by atoms with Crippen LogP contribution >= 0.6 is 11.6 Å². The Morgan fingerprint density at radius 2 is 2.15 bits per heavy atom. The van der Waals surface area contributed by atoms with Crippen molar-refractivity contribution in [3.63, 3.8) is 0 Å². The molecule has 1 aliphatic carbocycles. The van der Waals surface area contributed by atoms with Gasteiger partial charge in [0.15, 0.2) is 0 Å². The van der Waals surface area contributed by atoms with Gasteiger partial charge in [-0.3, -0.25) is 4.98 Å². The van der Waals surface area contributed by atoms with Crippen LogP contribution in [0.25, 0.3) is 11.6 Å². The minimum Gasteiger partial charge on any atom is -0.478 e. The third-order valence-corrected chi connectivity index (χ3v) is 3.82. The number of nitrogens with zero attached hydrogens (tertiary/aromatic N) is 1. The van der Waals surface area contributed by atoms with E-state index < -0.39 is 5.97 Å². The molecule has 1 unspecified atom stereocenters. The molecule has 0 aliphatic heterocycles. The summed E-state index contributed by atoms with van der Waals surface area (Å²) in [6.07, 6.45) is 3.36. The lowest BCUT2D eigenvalue weighted by Crippen LogP contribution is -2.05. The van der Waals surface area contributed by atoms with E-state index in [4.69, 9.17) is 11.6 Å². The molecule has 0 bridgehead atoms. The lowest BCUT2D eigenvalue weighted by Gasteiger charge is -2.14. The molecule has 1 heterocycles. The maximum Gasteiger partial charge on any atom is 0.336 e. The van der Waals surface area contributed by atoms with Crippen molar-refractivity contribution in [1.29, 1.82) is 0 Å². The first-order valence-corrected chi connectivity index (χ1v) is 6.65. The molecule has 100 valence electrons. The average Bonchev–Trinajstić information content (AvgIpc) is 2.55. The van der Waals surface area contributed by atoms with Crippen LogP contribution in [0.2, 0.25) is 5.02 Å². The fraction of sp³-hybridized carbons (Fsp3) is 0.125. The van der Waals surface area contributed by atoms with Gasteiger partial charge in [-0.1, -0.05) is 30.7 Å². The van der Waals surface area contributed by atoms with E-state index in [9.17, 15) is 9.90 Å². The van der Waals surface area contributed by atoms with Crippen molar-refractivity contribution < 1.29 is 9.90 Å². The molecule has 1 aromatic carbocycles. The van der Waals surface area contributed by atoms with E-state index in [0.717, 1.165) is 16.8 Å². The molecule has 20 heavy (non-hydrogen) atoms. The molecule has 0 spiro atoms. The zero-order chi connectivity index (χ0) is 14.3. The Kier molecular flexibility index (Phi) is 3.07. The van der Waals surface area contributed by atoms with Crippen molar-refractivity contribution in [3.05, 3.63) is 63.9 Å². The van der Waals surface area contributed by atoms with E-state index in [2.05, 4.69) is 4.98 Å². The summed E-state index contributed by atoms with van der Waals surface area (Å²) in [7, 11) is 0. The molecule has 3 rings (SSSR count). The average molecular weight is 286 g/mol. The molecule has 3 nitrogen and oxygen atoms in total. The van der Waals surface area contributed by atoms with E-state index >= 15 is 0 Å². The van der Waals surface area contributed by atoms with Crippen molar-refractivity contribution >= 4 is 29.2 Å². The van der Waals surface area contributed by atoms with Gasteiger partial charge in [-0.25, -0.2) is 4.79 Å². The van der Waals surface area contributed by atoms with Crippen LogP contribution in [-0.2, 0) is 4.79 Å². The first kappa shape index (κ1) is 12.9. The molecule has 1 aromatic heterocycles. The molecule has 0 saturated carbocycles. The SMILES string of the molecule is CC1c2ccc(Cl)cc2C=C(C(=O)O)c2cccnc21. The highest BCUT2D eigenvalue weighted by Gasteiger charge is 2.25. The first-order valence-electron chi connectivity index (χ1n) is 6.27. The number of pyridine rings is 1. The maximum absolute atomic E-state index is 11.5. The largest absolute Gasteiger partial charge is 0.478 e. The second kappa shape index (κ2) is 4.76. The molecule has 1 atom stereocenters. The molecule has 1 N–H and O–H groups in total. The van der Waals surface area contributed by atoms with Gasteiger partial charge in [0.1, 0.15) is 0 Å². The Balaban J connectivity index is 2.35. The van der Waals surface area contributed by atoms with Crippen LogP contribution in [0.15, 0.2) is 36.5 Å². The second-order valence-corrected chi connectivity index (χ2v) is 5.23. The van der Waals surface area contributed by atoms with Crippen molar-refractivity contribution in [1.82, 2.24) is 4.98 Å². The van der Waals surface area contributed by atoms with Gasteiger partial charge in [0.2, 0.25) is 0 Å². The fourth-order valence-electron chi connectivity index (χ4n) is 2.61. The van der Waals surface area contributed by atoms with E-state index in [-0.39, 0.29) is 11.5 Å². The van der Waals surface area contributed by atoms with E-state index in [1.54, 1.807) is 30.5 Å². The second-order valence-electron chi connectivity index (χ2n) is 4.79. The highest BCUT2D eigenvalue weighted by molar-refractivity contribution is 6.31. The van der Waals surface area contributed by atoms with E-state index in [1.165, 1.54) is 0 Å². The lowest BCUT2D eigenvalue weighted by atomic mass is 9.92. The van der Waals surface area contributed by atoms with E-state index in [1.807, 2.05) is 19.1 Å². The van der Waals surface area contributed by atoms with Gasteiger partial charge >= 0.3 is 5.97 Å². The smallest absolute Gasteiger partial charge is 0.336 e. The van der Waals surface area contributed by atoms with Gasteiger partial charge in [0, 0.05) is 22.7 Å². The van der Waals surface area contributed by atoms with Crippen molar-refractivity contribution in [3.8, 4) is 0 Å². The lowest BCUT2D eigenvalue weighted by molar-refractivity contribution is -0.130. The Morgan fingerprint density at radius 3 is 2.90 bits per heavy atom. The Morgan fingerprint density at radius 1 is 1.35 bits per heavy atom. The zero-order valence-electron chi connectivity index (χ0n) is 10.8. The molecule has 0 fully saturated rings. The standard InChI is InChI=1S/C16H12ClNO2/c1-9-12-5-4-11(17)7-10(12)8-14(16(19)20)13-3-2-6-18-15(9)13/h2-9H,1H3,(H,19,20). The molecular weight excluding hydrogens is 274 g/mol. The minimum atomic E-state index is -0.959. The van der Waals surface area contributed by atoms with Crippen molar-refractivity contribution in [2.24, 2.45) is 0 Å². The Hall–Kier alpha value is -2.13. The fourth-order valence-corrected chi connectivity index (χ4v) is 2.79. The molecule has 4 heteroatoms. The number of rotatable bonds is 1. The monoisotopic (exact) mass is 285 g/mol. The maximum atomic E-state index is 11.5. The number of aliphatic carboxylic acids is 1. The summed E-state index contributed by atoms with van der Waals surface area (Å²) in [5.41, 5.74) is 3.56. The molecule has 1 aliphatic rings. The van der Waals surface area contributed by atoms with Gasteiger partial charge in [-0.2, -0.15) is 0 Å². The van der Waals surface area contributed by atoms with Crippen LogP contribution in [-0.4, -0.2) is 16.1 Å². The number of hydrogen-bond donors (Lipinski definition) is 1. The summed E-state index contributed by atoms with van der Waals surface area (Å²) >= 11 is 6.02. The highest BCUT2D eigenvalue weighted by atomic mass is 35.5.